The van der Waals surface area contributed by atoms with Gasteiger partial charge in [0.2, 0.25) is 35.4 Å². The van der Waals surface area contributed by atoms with Crippen LogP contribution in [0.5, 0.6) is 5.75 Å². The van der Waals surface area contributed by atoms with E-state index in [-0.39, 0.29) is 102 Å². The van der Waals surface area contributed by atoms with E-state index in [9.17, 15) is 63.3 Å². The average Bonchev–Trinajstić information content (AvgIpc) is 3.89. The van der Waals surface area contributed by atoms with Gasteiger partial charge in [0.05, 0.1) is 31.0 Å². The quantitative estimate of drug-likeness (QED) is 0.0379. The highest BCUT2D eigenvalue weighted by Crippen LogP contribution is 2.23. The molecule has 1 saturated heterocycles. The molecule has 0 radical (unpaired) electrons. The van der Waals surface area contributed by atoms with Crippen LogP contribution >= 0.6 is 0 Å². The number of carboxylic acids is 3. The minimum absolute atomic E-state index is 0.0437. The van der Waals surface area contributed by atoms with Crippen LogP contribution in [0.15, 0.2) is 42.5 Å². The third kappa shape index (κ3) is 23.7. The van der Waals surface area contributed by atoms with Crippen LogP contribution in [0.25, 0.3) is 0 Å². The number of aliphatic carboxylic acids is 3. The van der Waals surface area contributed by atoms with Crippen molar-refractivity contribution < 1.29 is 68.0 Å². The summed E-state index contributed by atoms with van der Waals surface area (Å²) in [4.78, 5) is 144. The smallest absolute Gasteiger partial charge is 0.317 e. The summed E-state index contributed by atoms with van der Waals surface area (Å²) in [5.74, 6) is -8.54. The van der Waals surface area contributed by atoms with Crippen LogP contribution in [0.2, 0.25) is 0 Å². The summed E-state index contributed by atoms with van der Waals surface area (Å²) in [6.07, 6.45) is 3.61. The number of fused-ring (bicyclic) bond motifs is 2. The molecule has 2 bridgehead atoms. The van der Waals surface area contributed by atoms with Gasteiger partial charge in [0.1, 0.15) is 42.0 Å². The Morgan fingerprint density at radius 2 is 1.23 bits per heavy atom. The molecule has 7 amide bonds. The van der Waals surface area contributed by atoms with Crippen molar-refractivity contribution in [1.29, 1.82) is 0 Å². The molecular weight excluding hydrogens is 1090 g/mol. The zero-order valence-corrected chi connectivity index (χ0v) is 48.9. The first kappa shape index (κ1) is 69.2. The molecule has 7 atom stereocenters. The molecule has 0 saturated carbocycles. The largest absolute Gasteiger partial charge is 0.482 e. The molecule has 3 heterocycles. The van der Waals surface area contributed by atoms with Crippen molar-refractivity contribution in [2.75, 3.05) is 72.1 Å². The maximum atomic E-state index is 14.5. The van der Waals surface area contributed by atoms with Crippen molar-refractivity contribution in [1.82, 2.24) is 51.2 Å². The standard InChI is InChI=1S/C57H89N13O14/c1-5-37(4)51(56(82)63-40(16-9-11-21-58)53(79)64-41(17-10-12-22-59)57(83)70-23-13-18-45(70)55(81)65-42(52(60)78)29-38-14-7-6-8-15-38)66-54(80)43(28-36(2)3)62-47(71)35-84-46-20-19-39-30-68(33-49(74)75)26-24-67(32-48(72)73)25-27-69(34-50(76)77)31-44(46)61-39/h6-8,14-15,19-20,36-37,40-43,45,51H,5,9-13,16-18,21-35,58-59H2,1-4H3,(H2,60,78)(H,62,71)(H,63,82)(H,64,79)(H,65,81)(H,66,80)(H,72,73)(H,74,75)(H,76,77)/t37-,40-,41-,42-,43-,45-,51-/m0/s1. The number of ether oxygens (including phenoxy) is 1. The molecule has 27 heteroatoms. The fourth-order valence-corrected chi connectivity index (χ4v) is 10.1. The van der Waals surface area contributed by atoms with Crippen LogP contribution in [-0.2, 0) is 67.5 Å². The van der Waals surface area contributed by atoms with E-state index in [1.807, 2.05) is 26.8 Å². The zero-order valence-electron chi connectivity index (χ0n) is 48.9. The molecule has 0 aliphatic carbocycles. The van der Waals surface area contributed by atoms with Crippen LogP contribution in [-0.4, -0.2) is 207 Å². The highest BCUT2D eigenvalue weighted by Gasteiger charge is 2.40. The van der Waals surface area contributed by atoms with E-state index in [4.69, 9.17) is 26.9 Å². The van der Waals surface area contributed by atoms with Crippen LogP contribution in [0.1, 0.15) is 109 Å². The number of hydrogen-bond donors (Lipinski definition) is 11. The van der Waals surface area contributed by atoms with Gasteiger partial charge in [-0.2, -0.15) is 0 Å². The van der Waals surface area contributed by atoms with E-state index < -0.39 is 115 Å². The van der Waals surface area contributed by atoms with Gasteiger partial charge in [0.25, 0.3) is 5.91 Å². The number of carbonyl (C=O) groups is 10. The van der Waals surface area contributed by atoms with Gasteiger partial charge in [0.15, 0.2) is 6.61 Å². The summed E-state index contributed by atoms with van der Waals surface area (Å²) < 4.78 is 5.99. The maximum absolute atomic E-state index is 14.5. The second-order valence-electron chi connectivity index (χ2n) is 22.1. The number of pyridine rings is 1. The van der Waals surface area contributed by atoms with Crippen molar-refractivity contribution in [3.63, 3.8) is 0 Å². The van der Waals surface area contributed by atoms with Crippen LogP contribution in [0.3, 0.4) is 0 Å². The van der Waals surface area contributed by atoms with Crippen LogP contribution in [0.4, 0.5) is 0 Å². The number of nitrogens with two attached hydrogens (primary N) is 3. The van der Waals surface area contributed by atoms with Gasteiger partial charge in [-0.1, -0.05) is 64.4 Å². The van der Waals surface area contributed by atoms with Crippen molar-refractivity contribution >= 4 is 59.3 Å². The Morgan fingerprint density at radius 3 is 1.81 bits per heavy atom. The molecule has 2 aliphatic heterocycles. The number of nitrogens with zero attached hydrogens (tertiary/aromatic N) is 5. The first-order chi connectivity index (χ1) is 40.0. The first-order valence-electron chi connectivity index (χ1n) is 29.0. The summed E-state index contributed by atoms with van der Waals surface area (Å²) in [5, 5.41) is 42.9. The number of rotatable bonds is 34. The lowest BCUT2D eigenvalue weighted by atomic mass is 9.96. The van der Waals surface area contributed by atoms with Gasteiger partial charge >= 0.3 is 17.9 Å². The Labute approximate surface area is 490 Å². The molecule has 0 spiro atoms. The Morgan fingerprint density at radius 1 is 0.655 bits per heavy atom. The summed E-state index contributed by atoms with van der Waals surface area (Å²) >= 11 is 0. The topological polar surface area (TPSA) is 405 Å². The summed E-state index contributed by atoms with van der Waals surface area (Å²) in [7, 11) is 0. The fourth-order valence-electron chi connectivity index (χ4n) is 10.1. The number of hydrogen-bond acceptors (Lipinski definition) is 17. The number of carboxylic acid groups (broad SMARTS) is 3. The number of likely N-dealkylation sites (tertiary alicyclic amines) is 1. The van der Waals surface area contributed by atoms with Gasteiger partial charge in [-0.15, -0.1) is 0 Å². The number of unbranched alkanes of at least 4 members (excludes halogenated alkanes) is 2. The van der Waals surface area contributed by atoms with E-state index >= 15 is 0 Å². The third-order valence-electron chi connectivity index (χ3n) is 14.7. The summed E-state index contributed by atoms with van der Waals surface area (Å²) in [6, 6.07) is 5.40. The van der Waals surface area contributed by atoms with Crippen molar-refractivity contribution in [2.45, 2.75) is 148 Å². The van der Waals surface area contributed by atoms with E-state index in [1.165, 1.54) is 15.9 Å². The van der Waals surface area contributed by atoms with Gasteiger partial charge in [-0.25, -0.2) is 0 Å². The van der Waals surface area contributed by atoms with Gasteiger partial charge < -0.3 is 68.7 Å². The van der Waals surface area contributed by atoms with Crippen LogP contribution < -0.4 is 48.5 Å². The number of primary amides is 1. The monoisotopic (exact) mass is 1180 g/mol. The molecule has 27 nitrogen and oxygen atoms in total. The second-order valence-corrected chi connectivity index (χ2v) is 22.1. The zero-order chi connectivity index (χ0) is 61.9. The molecule has 14 N–H and O–H groups in total. The molecule has 84 heavy (non-hydrogen) atoms. The highest BCUT2D eigenvalue weighted by atomic mass is 16.5. The van der Waals surface area contributed by atoms with E-state index in [0.717, 1.165) is 5.56 Å². The highest BCUT2D eigenvalue weighted by molar-refractivity contribution is 5.97. The number of nitrogens with one attached hydrogen (secondary N) is 5. The lowest BCUT2D eigenvalue weighted by Gasteiger charge is -2.31. The Balaban J connectivity index is 1.52. The number of aromatic nitrogens is 1. The van der Waals surface area contributed by atoms with E-state index in [1.54, 1.807) is 47.1 Å². The minimum Gasteiger partial charge on any atom is -0.482 e. The predicted octanol–water partition coefficient (Wildman–Crippen LogP) is -0.873. The van der Waals surface area contributed by atoms with Gasteiger partial charge in [-0.05, 0) is 100 Å². The SMILES string of the molecule is CC[C@H](C)[C@H](NC(=O)[C@H](CC(C)C)NC(=O)COc1ccc2nc1CN(CC(=O)O)CCN(CC(=O)O)CCN(CC(=O)O)C2)C(=O)N[C@@H](CCCCN)C(=O)N[C@@H](CCCCN)C(=O)N1CCC[C@H]1C(=O)N[C@@H](Cc1ccccc1)C(N)=O. The molecule has 1 aromatic carbocycles. The van der Waals surface area contributed by atoms with Gasteiger partial charge in [0, 0.05) is 52.2 Å². The Kier molecular flexibility index (Phi) is 29.4. The Bertz CT molecular complexity index is 2520. The minimum atomic E-state index is -1.21. The van der Waals surface area contributed by atoms with Crippen molar-refractivity contribution in [2.24, 2.45) is 29.0 Å². The Hall–Kier alpha value is -7.33. The summed E-state index contributed by atoms with van der Waals surface area (Å²) in [6.45, 7) is 6.77. The predicted molar refractivity (Wildman–Crippen MR) is 308 cm³/mol. The molecule has 0 unspecified atom stereocenters. The molecule has 2 aliphatic rings. The van der Waals surface area contributed by atoms with Gasteiger partial charge in [-0.3, -0.25) is 67.6 Å². The molecule has 466 valence electrons. The van der Waals surface area contributed by atoms with Crippen molar-refractivity contribution in [3.05, 3.63) is 59.4 Å². The van der Waals surface area contributed by atoms with E-state index in [0.29, 0.717) is 63.7 Å². The molecule has 4 rings (SSSR count). The average molecular weight is 1180 g/mol. The lowest BCUT2D eigenvalue weighted by molar-refractivity contribution is -0.142. The lowest BCUT2D eigenvalue weighted by Crippen LogP contribution is -2.60. The number of carbonyl (C=O) groups excluding carboxylic acids is 7. The summed E-state index contributed by atoms with van der Waals surface area (Å²) in [5.41, 5.74) is 18.8. The molecule has 1 aromatic heterocycles. The number of amides is 7. The molecule has 2 aromatic rings. The first-order valence-corrected chi connectivity index (χ1v) is 29.0. The fraction of sp³-hybridized carbons (Fsp3) is 0.632. The molecule has 1 fully saturated rings. The van der Waals surface area contributed by atoms with Crippen LogP contribution in [0, 0.1) is 11.8 Å². The van der Waals surface area contributed by atoms with E-state index in [2.05, 4.69) is 26.6 Å². The third-order valence-corrected chi connectivity index (χ3v) is 14.7. The maximum Gasteiger partial charge on any atom is 0.317 e. The second kappa shape index (κ2) is 35.7. The van der Waals surface area contributed by atoms with Crippen molar-refractivity contribution in [3.8, 4) is 5.75 Å². The number of benzene rings is 1. The molecular formula is C57H89N13O14. The normalized spacial score (nSPS) is 17.4.